The fraction of sp³-hybridized carbons (Fsp3) is 0.286. The van der Waals surface area contributed by atoms with Crippen LogP contribution in [0.2, 0.25) is 0 Å². The molecule has 1 aromatic heterocycles. The van der Waals surface area contributed by atoms with Crippen molar-refractivity contribution in [3.63, 3.8) is 0 Å². The van der Waals surface area contributed by atoms with Crippen LogP contribution in [0.3, 0.4) is 0 Å². The lowest BCUT2D eigenvalue weighted by Gasteiger charge is -2.24. The number of aromatic nitrogens is 1. The van der Waals surface area contributed by atoms with Gasteiger partial charge in [-0.15, -0.1) is 11.3 Å². The van der Waals surface area contributed by atoms with Crippen molar-refractivity contribution in [2.24, 2.45) is 0 Å². The van der Waals surface area contributed by atoms with Gasteiger partial charge in [-0.25, -0.2) is 4.98 Å². The normalized spacial score (nSPS) is 17.1. The maximum Gasteiger partial charge on any atom is 0.246 e. The molecule has 0 atom stereocenters. The van der Waals surface area contributed by atoms with Crippen molar-refractivity contribution in [1.82, 2.24) is 10.3 Å². The molecular formula is C7H6BrN3O2S. The van der Waals surface area contributed by atoms with Crippen LogP contribution < -0.4 is 10.2 Å². The Morgan fingerprint density at radius 1 is 1.43 bits per heavy atom. The topological polar surface area (TPSA) is 62.3 Å². The summed E-state index contributed by atoms with van der Waals surface area (Å²) in [6.45, 7) is 0.372. The van der Waals surface area contributed by atoms with E-state index in [1.165, 1.54) is 11.3 Å². The third kappa shape index (κ3) is 1.93. The van der Waals surface area contributed by atoms with Crippen molar-refractivity contribution in [2.45, 2.75) is 0 Å². The minimum absolute atomic E-state index is 0.186. The quantitative estimate of drug-likeness (QED) is 0.753. The summed E-state index contributed by atoms with van der Waals surface area (Å²) < 4.78 is 0.718. The highest BCUT2D eigenvalue weighted by molar-refractivity contribution is 9.10. The highest BCUT2D eigenvalue weighted by Crippen LogP contribution is 2.23. The summed E-state index contributed by atoms with van der Waals surface area (Å²) in [7, 11) is 0. The third-order valence-electron chi connectivity index (χ3n) is 1.68. The minimum Gasteiger partial charge on any atom is -0.329 e. The van der Waals surface area contributed by atoms with Gasteiger partial charge >= 0.3 is 0 Å². The second-order valence-corrected chi connectivity index (χ2v) is 4.43. The van der Waals surface area contributed by atoms with Gasteiger partial charge in [-0.3, -0.25) is 14.9 Å². The minimum atomic E-state index is -0.285. The number of anilines is 1. The van der Waals surface area contributed by atoms with Crippen molar-refractivity contribution in [2.75, 3.05) is 18.0 Å². The van der Waals surface area contributed by atoms with E-state index < -0.39 is 0 Å². The maximum absolute atomic E-state index is 11.1. The van der Waals surface area contributed by atoms with Crippen molar-refractivity contribution in [3.05, 3.63) is 9.98 Å². The number of hydrogen-bond donors (Lipinski definition) is 1. The molecule has 1 fully saturated rings. The number of amides is 2. The van der Waals surface area contributed by atoms with Gasteiger partial charge in [0.2, 0.25) is 11.8 Å². The number of nitrogens with zero attached hydrogens (tertiary/aromatic N) is 2. The first kappa shape index (κ1) is 9.60. The smallest absolute Gasteiger partial charge is 0.246 e. The second-order valence-electron chi connectivity index (χ2n) is 2.78. The van der Waals surface area contributed by atoms with Crippen molar-refractivity contribution in [1.29, 1.82) is 0 Å². The summed E-state index contributed by atoms with van der Waals surface area (Å²) in [5.41, 5.74) is 0. The predicted octanol–water partition coefficient (Wildman–Crippen LogP) is 0.368. The van der Waals surface area contributed by atoms with E-state index in [1.54, 1.807) is 4.90 Å². The lowest BCUT2D eigenvalue weighted by atomic mass is 10.4. The van der Waals surface area contributed by atoms with E-state index in [-0.39, 0.29) is 24.9 Å². The summed E-state index contributed by atoms with van der Waals surface area (Å²) in [4.78, 5) is 27.9. The van der Waals surface area contributed by atoms with Crippen molar-refractivity contribution < 1.29 is 9.59 Å². The molecule has 14 heavy (non-hydrogen) atoms. The SMILES string of the molecule is O=C1CN(c2nc(Br)cs2)CC(=O)N1. The molecule has 0 unspecified atom stereocenters. The third-order valence-corrected chi connectivity index (χ3v) is 3.29. The van der Waals surface area contributed by atoms with Crippen LogP contribution in [-0.2, 0) is 9.59 Å². The van der Waals surface area contributed by atoms with Crippen LogP contribution in [0.1, 0.15) is 0 Å². The largest absolute Gasteiger partial charge is 0.329 e. The fourth-order valence-corrected chi connectivity index (χ4v) is 2.41. The van der Waals surface area contributed by atoms with Crippen LogP contribution in [0.5, 0.6) is 0 Å². The van der Waals surface area contributed by atoms with Gasteiger partial charge in [0.1, 0.15) is 17.7 Å². The number of rotatable bonds is 1. The van der Waals surface area contributed by atoms with E-state index in [9.17, 15) is 9.59 Å². The predicted molar refractivity (Wildman–Crippen MR) is 55.2 cm³/mol. The Hall–Kier alpha value is -0.950. The molecule has 1 aliphatic heterocycles. The molecule has 0 saturated carbocycles. The molecule has 1 aromatic rings. The van der Waals surface area contributed by atoms with E-state index in [0.717, 1.165) is 4.60 Å². The molecule has 2 rings (SSSR count). The second kappa shape index (κ2) is 3.66. The number of carbonyl (C=O) groups excluding carboxylic acids is 2. The molecule has 0 aliphatic carbocycles. The maximum atomic E-state index is 11.1. The molecule has 5 nitrogen and oxygen atoms in total. The molecule has 2 heterocycles. The van der Waals surface area contributed by atoms with Crippen molar-refractivity contribution >= 4 is 44.2 Å². The first-order valence-electron chi connectivity index (χ1n) is 3.84. The average Bonchev–Trinajstić information content (AvgIpc) is 2.50. The molecule has 1 aliphatic rings. The monoisotopic (exact) mass is 275 g/mol. The van der Waals surface area contributed by atoms with Gasteiger partial charge in [0, 0.05) is 5.38 Å². The molecule has 2 amide bonds. The molecule has 0 bridgehead atoms. The first-order chi connectivity index (χ1) is 6.65. The van der Waals surface area contributed by atoms with Crippen LogP contribution in [0.4, 0.5) is 5.13 Å². The highest BCUT2D eigenvalue weighted by Gasteiger charge is 2.24. The van der Waals surface area contributed by atoms with Crippen LogP contribution >= 0.6 is 27.3 Å². The van der Waals surface area contributed by atoms with Crippen LogP contribution in [0.15, 0.2) is 9.98 Å². The highest BCUT2D eigenvalue weighted by atomic mass is 79.9. The van der Waals surface area contributed by atoms with E-state index >= 15 is 0 Å². The Morgan fingerprint density at radius 2 is 2.07 bits per heavy atom. The Kier molecular flexibility index (Phi) is 2.51. The Morgan fingerprint density at radius 3 is 2.57 bits per heavy atom. The first-order valence-corrected chi connectivity index (χ1v) is 5.51. The van der Waals surface area contributed by atoms with E-state index in [0.29, 0.717) is 5.13 Å². The molecule has 74 valence electrons. The Balaban J connectivity index is 2.18. The summed E-state index contributed by atoms with van der Waals surface area (Å²) in [6.07, 6.45) is 0. The van der Waals surface area contributed by atoms with Crippen LogP contribution in [-0.4, -0.2) is 29.9 Å². The molecule has 1 saturated heterocycles. The molecule has 0 radical (unpaired) electrons. The number of hydrogen-bond acceptors (Lipinski definition) is 5. The zero-order valence-corrected chi connectivity index (χ0v) is 9.39. The number of imide groups is 1. The van der Waals surface area contributed by atoms with Crippen LogP contribution in [0.25, 0.3) is 0 Å². The molecule has 0 aromatic carbocycles. The van der Waals surface area contributed by atoms with Gasteiger partial charge in [0.05, 0.1) is 0 Å². The van der Waals surface area contributed by atoms with E-state index in [4.69, 9.17) is 0 Å². The lowest BCUT2D eigenvalue weighted by molar-refractivity contribution is -0.130. The van der Waals surface area contributed by atoms with Gasteiger partial charge in [-0.1, -0.05) is 0 Å². The Bertz CT molecular complexity index is 376. The van der Waals surface area contributed by atoms with Gasteiger partial charge < -0.3 is 4.90 Å². The number of nitrogens with one attached hydrogen (secondary N) is 1. The van der Waals surface area contributed by atoms with Gasteiger partial charge in [-0.05, 0) is 15.9 Å². The molecule has 7 heteroatoms. The summed E-state index contributed by atoms with van der Waals surface area (Å²) in [5, 5.41) is 4.72. The van der Waals surface area contributed by atoms with Gasteiger partial charge in [-0.2, -0.15) is 0 Å². The standard InChI is InChI=1S/C7H6BrN3O2S/c8-4-3-14-7(9-4)11-1-5(12)10-6(13)2-11/h3H,1-2H2,(H,10,12,13). The van der Waals surface area contributed by atoms with Crippen molar-refractivity contribution in [3.8, 4) is 0 Å². The van der Waals surface area contributed by atoms with E-state index in [1.807, 2.05) is 5.38 Å². The zero-order chi connectivity index (χ0) is 10.1. The zero-order valence-electron chi connectivity index (χ0n) is 6.99. The molecule has 1 N–H and O–H groups in total. The van der Waals surface area contributed by atoms with Gasteiger partial charge in [0.25, 0.3) is 0 Å². The lowest BCUT2D eigenvalue weighted by Crippen LogP contribution is -2.51. The summed E-state index contributed by atoms with van der Waals surface area (Å²) in [6, 6.07) is 0. The number of piperazine rings is 1. The molecule has 0 spiro atoms. The summed E-state index contributed by atoms with van der Waals surface area (Å²) in [5.74, 6) is -0.569. The van der Waals surface area contributed by atoms with Gasteiger partial charge in [0.15, 0.2) is 5.13 Å². The van der Waals surface area contributed by atoms with E-state index in [2.05, 4.69) is 26.2 Å². The Labute approximate surface area is 92.2 Å². The van der Waals surface area contributed by atoms with Crippen LogP contribution in [0, 0.1) is 0 Å². The fourth-order valence-electron chi connectivity index (χ4n) is 1.16. The average molecular weight is 276 g/mol. The number of thiazole rings is 1. The number of carbonyl (C=O) groups is 2. The molecular weight excluding hydrogens is 270 g/mol. The number of halogens is 1. The summed E-state index contributed by atoms with van der Waals surface area (Å²) >= 11 is 4.61.